The van der Waals surface area contributed by atoms with E-state index in [1.54, 1.807) is 12.3 Å². The highest BCUT2D eigenvalue weighted by Crippen LogP contribution is 2.28. The Kier molecular flexibility index (Phi) is 7.73. The molecule has 0 aliphatic carbocycles. The highest BCUT2D eigenvalue weighted by atomic mass is 35.5. The van der Waals surface area contributed by atoms with Crippen molar-refractivity contribution in [2.24, 2.45) is 5.10 Å². The maximum absolute atomic E-state index is 12.9. The highest BCUT2D eigenvalue weighted by Gasteiger charge is 2.18. The Balaban J connectivity index is 1.49. The number of carbonyl (C=O) groups excluding carboxylic acids is 1. The Morgan fingerprint density at radius 1 is 0.946 bits per heavy atom. The van der Waals surface area contributed by atoms with Gasteiger partial charge in [0.15, 0.2) is 0 Å². The zero-order valence-corrected chi connectivity index (χ0v) is 22.6. The molecule has 0 aliphatic heterocycles. The molecule has 4 rings (SSSR count). The molecule has 0 spiro atoms. The molecule has 190 valence electrons. The van der Waals surface area contributed by atoms with Crippen molar-refractivity contribution in [2.75, 3.05) is 4.72 Å². The van der Waals surface area contributed by atoms with E-state index >= 15 is 0 Å². The molecule has 37 heavy (non-hydrogen) atoms. The quantitative estimate of drug-likeness (QED) is 0.208. The molecule has 0 saturated carbocycles. The van der Waals surface area contributed by atoms with Gasteiger partial charge in [-0.1, -0.05) is 47.0 Å². The van der Waals surface area contributed by atoms with Crippen LogP contribution < -0.4 is 10.1 Å². The molecule has 0 bridgehead atoms. The molecule has 0 saturated heterocycles. The summed E-state index contributed by atoms with van der Waals surface area (Å²) in [6.07, 6.45) is 1.56. The third-order valence-electron chi connectivity index (χ3n) is 5.71. The zero-order valence-electron chi connectivity index (χ0n) is 20.3. The van der Waals surface area contributed by atoms with Crippen LogP contribution in [0.3, 0.4) is 0 Å². The molecule has 10 heteroatoms. The van der Waals surface area contributed by atoms with Gasteiger partial charge in [-0.05, 0) is 75.4 Å². The van der Waals surface area contributed by atoms with E-state index in [0.29, 0.717) is 5.02 Å². The second-order valence-electron chi connectivity index (χ2n) is 8.45. The average molecular weight is 555 g/mol. The number of amides is 1. The zero-order chi connectivity index (χ0) is 26.7. The van der Waals surface area contributed by atoms with Crippen LogP contribution in [-0.2, 0) is 10.0 Å². The van der Waals surface area contributed by atoms with E-state index in [9.17, 15) is 13.2 Å². The lowest BCUT2D eigenvalue weighted by Gasteiger charge is -2.11. The molecule has 7 nitrogen and oxygen atoms in total. The Hall–Kier alpha value is -3.59. The van der Waals surface area contributed by atoms with Gasteiger partial charge in [-0.2, -0.15) is 5.10 Å². The lowest BCUT2D eigenvalue weighted by atomic mass is 10.2. The minimum absolute atomic E-state index is 0.109. The Labute approximate surface area is 225 Å². The molecule has 0 unspecified atom stereocenters. The molecule has 1 aromatic heterocycles. The fourth-order valence-electron chi connectivity index (χ4n) is 3.82. The third kappa shape index (κ3) is 6.05. The summed E-state index contributed by atoms with van der Waals surface area (Å²) < 4.78 is 30.2. The largest absolute Gasteiger partial charge is 0.318 e. The van der Waals surface area contributed by atoms with Gasteiger partial charge in [0.25, 0.3) is 15.9 Å². The minimum Gasteiger partial charge on any atom is -0.318 e. The Bertz CT molecular complexity index is 1610. The van der Waals surface area contributed by atoms with Gasteiger partial charge in [0.2, 0.25) is 0 Å². The summed E-state index contributed by atoms with van der Waals surface area (Å²) in [7, 11) is -4.02. The SMILES string of the molecule is Cc1ccc(-n2c(C)cc(C=NNC(=O)c3cccc(S(=O)(=O)Nc4cc(Cl)ccc4Cl)c3)c2C)cc1. The van der Waals surface area contributed by atoms with E-state index in [1.807, 2.05) is 39.0 Å². The Morgan fingerprint density at radius 3 is 2.41 bits per heavy atom. The summed E-state index contributed by atoms with van der Waals surface area (Å²) in [5.74, 6) is -0.554. The van der Waals surface area contributed by atoms with Crippen LogP contribution in [0, 0.1) is 20.8 Å². The topological polar surface area (TPSA) is 92.6 Å². The lowest BCUT2D eigenvalue weighted by molar-refractivity contribution is 0.0955. The first-order valence-corrected chi connectivity index (χ1v) is 13.5. The van der Waals surface area contributed by atoms with Gasteiger partial charge < -0.3 is 4.57 Å². The maximum Gasteiger partial charge on any atom is 0.271 e. The highest BCUT2D eigenvalue weighted by molar-refractivity contribution is 7.92. The average Bonchev–Trinajstić information content (AvgIpc) is 3.14. The number of halogens is 2. The van der Waals surface area contributed by atoms with Crippen LogP contribution in [-0.4, -0.2) is 25.1 Å². The van der Waals surface area contributed by atoms with Crippen molar-refractivity contribution in [1.82, 2.24) is 9.99 Å². The molecule has 0 aliphatic rings. The van der Waals surface area contributed by atoms with Crippen molar-refractivity contribution < 1.29 is 13.2 Å². The van der Waals surface area contributed by atoms with Crippen molar-refractivity contribution in [2.45, 2.75) is 25.7 Å². The number of anilines is 1. The molecule has 4 aromatic rings. The first-order chi connectivity index (χ1) is 17.5. The van der Waals surface area contributed by atoms with Gasteiger partial charge in [0, 0.05) is 33.2 Å². The summed E-state index contributed by atoms with van der Waals surface area (Å²) in [5.41, 5.74) is 7.78. The number of nitrogens with zero attached hydrogens (tertiary/aromatic N) is 2. The first-order valence-electron chi connectivity index (χ1n) is 11.2. The standard InChI is InChI=1S/C27H24Cl2N4O3S/c1-17-7-10-23(11-8-17)33-18(2)13-21(19(33)3)16-30-31-27(34)20-5-4-6-24(14-20)37(35,36)32-26-15-22(28)9-12-25(26)29/h4-16,32H,1-3H3,(H,31,34). The van der Waals surface area contributed by atoms with Crippen LogP contribution in [0.2, 0.25) is 10.0 Å². The lowest BCUT2D eigenvalue weighted by Crippen LogP contribution is -2.19. The van der Waals surface area contributed by atoms with Gasteiger partial charge in [-0.3, -0.25) is 9.52 Å². The minimum atomic E-state index is -4.02. The summed E-state index contributed by atoms with van der Waals surface area (Å²) in [4.78, 5) is 12.6. The van der Waals surface area contributed by atoms with Gasteiger partial charge in [-0.25, -0.2) is 13.8 Å². The maximum atomic E-state index is 12.9. The molecule has 0 fully saturated rings. The fraction of sp³-hybridized carbons (Fsp3) is 0.111. The predicted octanol–water partition coefficient (Wildman–Crippen LogP) is 6.27. The van der Waals surface area contributed by atoms with Gasteiger partial charge in [0.1, 0.15) is 0 Å². The molecular formula is C27H24Cl2N4O3S. The van der Waals surface area contributed by atoms with Crippen molar-refractivity contribution >= 4 is 51.0 Å². The molecule has 2 N–H and O–H groups in total. The smallest absolute Gasteiger partial charge is 0.271 e. The van der Waals surface area contributed by atoms with E-state index in [0.717, 1.165) is 22.6 Å². The number of rotatable bonds is 7. The number of hydrogen-bond donors (Lipinski definition) is 2. The number of aromatic nitrogens is 1. The van der Waals surface area contributed by atoms with Crippen molar-refractivity contribution in [3.05, 3.63) is 111 Å². The number of benzene rings is 3. The van der Waals surface area contributed by atoms with Crippen molar-refractivity contribution in [1.29, 1.82) is 0 Å². The number of carbonyl (C=O) groups is 1. The van der Waals surface area contributed by atoms with Gasteiger partial charge in [-0.15, -0.1) is 0 Å². The second kappa shape index (κ2) is 10.8. The van der Waals surface area contributed by atoms with Crippen LogP contribution in [0.1, 0.15) is 32.9 Å². The number of aryl methyl sites for hydroxylation is 2. The molecule has 1 amide bonds. The molecule has 3 aromatic carbocycles. The van der Waals surface area contributed by atoms with E-state index < -0.39 is 15.9 Å². The third-order valence-corrected chi connectivity index (χ3v) is 7.64. The number of sulfonamides is 1. The van der Waals surface area contributed by atoms with Crippen LogP contribution in [0.5, 0.6) is 0 Å². The van der Waals surface area contributed by atoms with E-state index in [2.05, 4.69) is 31.9 Å². The second-order valence-corrected chi connectivity index (χ2v) is 11.0. The molecule has 1 heterocycles. The predicted molar refractivity (Wildman–Crippen MR) is 149 cm³/mol. The van der Waals surface area contributed by atoms with Gasteiger partial charge in [0.05, 0.1) is 21.8 Å². The summed E-state index contributed by atoms with van der Waals surface area (Å²) in [5, 5.41) is 4.61. The summed E-state index contributed by atoms with van der Waals surface area (Å²) in [6, 6.07) is 20.2. The molecule has 0 atom stereocenters. The van der Waals surface area contributed by atoms with E-state index in [4.69, 9.17) is 23.2 Å². The normalized spacial score (nSPS) is 11.6. The van der Waals surface area contributed by atoms with Crippen molar-refractivity contribution in [3.8, 4) is 5.69 Å². The molecule has 0 radical (unpaired) electrons. The van der Waals surface area contributed by atoms with Crippen LogP contribution in [0.15, 0.2) is 82.8 Å². The van der Waals surface area contributed by atoms with Crippen LogP contribution in [0.25, 0.3) is 5.69 Å². The fourth-order valence-corrected chi connectivity index (χ4v) is 5.33. The summed E-state index contributed by atoms with van der Waals surface area (Å²) >= 11 is 12.0. The van der Waals surface area contributed by atoms with Gasteiger partial charge >= 0.3 is 0 Å². The number of nitrogens with one attached hydrogen (secondary N) is 2. The first kappa shape index (κ1) is 26.5. The van der Waals surface area contributed by atoms with E-state index in [1.165, 1.54) is 42.0 Å². The Morgan fingerprint density at radius 2 is 1.68 bits per heavy atom. The summed E-state index contributed by atoms with van der Waals surface area (Å²) in [6.45, 7) is 6.01. The number of hydrazone groups is 1. The van der Waals surface area contributed by atoms with Crippen LogP contribution in [0.4, 0.5) is 5.69 Å². The molecular weight excluding hydrogens is 531 g/mol. The van der Waals surface area contributed by atoms with E-state index in [-0.39, 0.29) is 21.2 Å². The van der Waals surface area contributed by atoms with Crippen LogP contribution >= 0.6 is 23.2 Å². The number of hydrogen-bond acceptors (Lipinski definition) is 4. The monoisotopic (exact) mass is 554 g/mol. The van der Waals surface area contributed by atoms with Crippen molar-refractivity contribution in [3.63, 3.8) is 0 Å².